The predicted molar refractivity (Wildman–Crippen MR) is 107 cm³/mol. The van der Waals surface area contributed by atoms with E-state index in [1.54, 1.807) is 0 Å². The zero-order chi connectivity index (χ0) is 23.7. The Kier molecular flexibility index (Phi) is 6.35. The first-order valence-electron chi connectivity index (χ1n) is 8.88. The minimum Gasteiger partial charge on any atom is -0.496 e. The predicted octanol–water partition coefficient (Wildman–Crippen LogP) is 4.74. The molecule has 0 radical (unpaired) electrons. The lowest BCUT2D eigenvalue weighted by atomic mass is 10.0. The molecule has 12 heteroatoms. The molecule has 0 fully saturated rings. The van der Waals surface area contributed by atoms with Gasteiger partial charge in [0.05, 0.1) is 19.1 Å². The molecule has 1 aromatic carbocycles. The number of pyridine rings is 2. The highest BCUT2D eigenvalue weighted by Crippen LogP contribution is 2.34. The van der Waals surface area contributed by atoms with E-state index in [1.807, 2.05) is 0 Å². The quantitative estimate of drug-likeness (QED) is 0.521. The van der Waals surface area contributed by atoms with Crippen molar-refractivity contribution >= 4 is 21.5 Å². The van der Waals surface area contributed by atoms with E-state index in [9.17, 15) is 30.4 Å². The smallest absolute Gasteiger partial charge is 0.433 e. The summed E-state index contributed by atoms with van der Waals surface area (Å²) in [6.45, 7) is 0. The van der Waals surface area contributed by atoms with Crippen LogP contribution in [0.5, 0.6) is 5.75 Å². The number of nitrogens with zero attached hydrogens (tertiary/aromatic N) is 2. The highest BCUT2D eigenvalue weighted by molar-refractivity contribution is 7.89. The molecule has 0 saturated carbocycles. The van der Waals surface area contributed by atoms with Gasteiger partial charge in [-0.3, -0.25) is 0 Å². The second kappa shape index (κ2) is 8.69. The van der Waals surface area contributed by atoms with Crippen LogP contribution in [-0.4, -0.2) is 31.8 Å². The highest BCUT2D eigenvalue weighted by atomic mass is 32.2. The van der Waals surface area contributed by atoms with Gasteiger partial charge in [0.1, 0.15) is 34.7 Å². The van der Waals surface area contributed by atoms with Crippen molar-refractivity contribution in [3.8, 4) is 16.9 Å². The van der Waals surface area contributed by atoms with Gasteiger partial charge in [0.2, 0.25) is 0 Å². The van der Waals surface area contributed by atoms with Crippen LogP contribution in [0.3, 0.4) is 0 Å². The van der Waals surface area contributed by atoms with Crippen molar-refractivity contribution in [3.05, 3.63) is 65.5 Å². The van der Waals surface area contributed by atoms with Crippen molar-refractivity contribution in [2.45, 2.75) is 11.9 Å². The van der Waals surface area contributed by atoms with Gasteiger partial charge >= 0.3 is 6.18 Å². The Balaban J connectivity index is 2.04. The van der Waals surface area contributed by atoms with E-state index in [-0.39, 0.29) is 34.1 Å². The van der Waals surface area contributed by atoms with Crippen molar-refractivity contribution in [1.82, 2.24) is 9.97 Å². The molecule has 6 nitrogen and oxygen atoms in total. The number of halogens is 5. The average Bonchev–Trinajstić information content (AvgIpc) is 2.67. The number of nitrogens with one attached hydrogen (secondary N) is 1. The molecule has 0 aliphatic heterocycles. The van der Waals surface area contributed by atoms with E-state index < -0.39 is 39.1 Å². The summed E-state index contributed by atoms with van der Waals surface area (Å²) in [7, 11) is -2.35. The van der Waals surface area contributed by atoms with Gasteiger partial charge in [0.25, 0.3) is 0 Å². The monoisotopic (exact) mass is 473 g/mol. The zero-order valence-electron chi connectivity index (χ0n) is 16.7. The molecule has 170 valence electrons. The van der Waals surface area contributed by atoms with Crippen LogP contribution >= 0.6 is 0 Å². The first kappa shape index (κ1) is 23.4. The van der Waals surface area contributed by atoms with Crippen LogP contribution in [0.2, 0.25) is 0 Å². The normalized spacial score (nSPS) is 12.0. The first-order valence-corrected chi connectivity index (χ1v) is 10.9. The Hall–Kier alpha value is -3.28. The van der Waals surface area contributed by atoms with Crippen LogP contribution in [0.25, 0.3) is 11.1 Å². The van der Waals surface area contributed by atoms with Crippen molar-refractivity contribution in [1.29, 1.82) is 0 Å². The number of rotatable bonds is 6. The van der Waals surface area contributed by atoms with Gasteiger partial charge in [-0.2, -0.15) is 13.2 Å². The van der Waals surface area contributed by atoms with Gasteiger partial charge in [-0.1, -0.05) is 0 Å². The van der Waals surface area contributed by atoms with Gasteiger partial charge in [0, 0.05) is 23.4 Å². The van der Waals surface area contributed by atoms with Gasteiger partial charge in [-0.05, 0) is 35.9 Å². The number of hydrogen-bond acceptors (Lipinski definition) is 6. The molecule has 3 rings (SSSR count). The summed E-state index contributed by atoms with van der Waals surface area (Å²) in [5.74, 6) is -2.41. The molecule has 3 aromatic rings. The molecule has 0 amide bonds. The summed E-state index contributed by atoms with van der Waals surface area (Å²) in [6.07, 6.45) is -3.12. The Morgan fingerprint density at radius 1 is 1.03 bits per heavy atom. The molecular weight excluding hydrogens is 457 g/mol. The van der Waals surface area contributed by atoms with E-state index in [0.717, 1.165) is 30.7 Å². The zero-order valence-corrected chi connectivity index (χ0v) is 17.5. The van der Waals surface area contributed by atoms with E-state index in [0.29, 0.717) is 6.07 Å². The number of hydrogen-bond donors (Lipinski definition) is 1. The molecule has 2 heterocycles. The maximum absolute atomic E-state index is 14.4. The standard InChI is InChI=1S/C20H16F5N3O3S/c1-31-16-7-12(21)3-4-13(16)14-8-18(26-9-15(14)22)28-19-6-11(10-32(2,29)30)5-17(27-19)20(23,24)25/h3-9H,10H2,1-2H3,(H,26,27,28). The summed E-state index contributed by atoms with van der Waals surface area (Å²) >= 11 is 0. The van der Waals surface area contributed by atoms with Gasteiger partial charge in [-0.25, -0.2) is 27.2 Å². The van der Waals surface area contributed by atoms with E-state index in [4.69, 9.17) is 4.74 Å². The summed E-state index contributed by atoms with van der Waals surface area (Å²) < 4.78 is 95.7. The van der Waals surface area contributed by atoms with Gasteiger partial charge in [0.15, 0.2) is 9.84 Å². The number of aromatic nitrogens is 2. The maximum Gasteiger partial charge on any atom is 0.433 e. The van der Waals surface area contributed by atoms with Crippen LogP contribution in [0.1, 0.15) is 11.3 Å². The Labute approximate surface area is 180 Å². The largest absolute Gasteiger partial charge is 0.496 e. The third kappa shape index (κ3) is 5.69. The fourth-order valence-electron chi connectivity index (χ4n) is 2.91. The molecular formula is C20H16F5N3O3S. The van der Waals surface area contributed by atoms with E-state index in [2.05, 4.69) is 15.3 Å². The Bertz CT molecular complexity index is 1260. The summed E-state index contributed by atoms with van der Waals surface area (Å²) in [6, 6.07) is 6.37. The maximum atomic E-state index is 14.4. The van der Waals surface area contributed by atoms with Crippen LogP contribution in [-0.2, 0) is 21.8 Å². The number of anilines is 2. The molecule has 0 spiro atoms. The van der Waals surface area contributed by atoms with Crippen molar-refractivity contribution in [3.63, 3.8) is 0 Å². The van der Waals surface area contributed by atoms with Gasteiger partial charge < -0.3 is 10.1 Å². The van der Waals surface area contributed by atoms with Crippen LogP contribution < -0.4 is 10.1 Å². The Morgan fingerprint density at radius 2 is 1.75 bits per heavy atom. The molecule has 0 saturated heterocycles. The molecule has 1 N–H and O–H groups in total. The van der Waals surface area contributed by atoms with E-state index in [1.165, 1.54) is 19.2 Å². The minimum absolute atomic E-state index is 0.0358. The number of benzene rings is 1. The van der Waals surface area contributed by atoms with Crippen LogP contribution in [0.4, 0.5) is 33.6 Å². The SMILES string of the molecule is COc1cc(F)ccc1-c1cc(Nc2cc(CS(C)(=O)=O)cc(C(F)(F)F)n2)ncc1F. The molecule has 0 atom stereocenters. The fourth-order valence-corrected chi connectivity index (χ4v) is 3.69. The lowest BCUT2D eigenvalue weighted by Crippen LogP contribution is -2.12. The second-order valence-corrected chi connectivity index (χ2v) is 8.97. The van der Waals surface area contributed by atoms with Crippen molar-refractivity contribution in [2.24, 2.45) is 0 Å². The third-order valence-electron chi connectivity index (χ3n) is 4.17. The van der Waals surface area contributed by atoms with Gasteiger partial charge in [-0.15, -0.1) is 0 Å². The number of methoxy groups -OCH3 is 1. The lowest BCUT2D eigenvalue weighted by molar-refractivity contribution is -0.141. The molecule has 0 aliphatic carbocycles. The first-order chi connectivity index (χ1) is 14.9. The van der Waals surface area contributed by atoms with Crippen molar-refractivity contribution in [2.75, 3.05) is 18.7 Å². The van der Waals surface area contributed by atoms with Crippen LogP contribution in [0.15, 0.2) is 42.6 Å². The summed E-state index contributed by atoms with van der Waals surface area (Å²) in [4.78, 5) is 7.25. The molecule has 0 unspecified atom stereocenters. The van der Waals surface area contributed by atoms with Crippen molar-refractivity contribution < 1.29 is 35.1 Å². The Morgan fingerprint density at radius 3 is 2.38 bits per heavy atom. The highest BCUT2D eigenvalue weighted by Gasteiger charge is 2.33. The molecule has 32 heavy (non-hydrogen) atoms. The minimum atomic E-state index is -4.83. The molecule has 0 aliphatic rings. The summed E-state index contributed by atoms with van der Waals surface area (Å²) in [5.41, 5.74) is -1.31. The lowest BCUT2D eigenvalue weighted by Gasteiger charge is -2.14. The topological polar surface area (TPSA) is 81.2 Å². The van der Waals surface area contributed by atoms with Crippen LogP contribution in [0, 0.1) is 11.6 Å². The third-order valence-corrected chi connectivity index (χ3v) is 5.03. The number of ether oxygens (including phenoxy) is 1. The second-order valence-electron chi connectivity index (χ2n) is 6.83. The molecule has 2 aromatic heterocycles. The average molecular weight is 473 g/mol. The molecule has 0 bridgehead atoms. The van der Waals surface area contributed by atoms with E-state index >= 15 is 0 Å². The number of sulfone groups is 1. The summed E-state index contributed by atoms with van der Waals surface area (Å²) in [5, 5.41) is 2.53. The number of alkyl halides is 3. The fraction of sp³-hybridized carbons (Fsp3) is 0.200.